The predicted molar refractivity (Wildman–Crippen MR) is 98.9 cm³/mol. The molecule has 1 atom stereocenters. The minimum Gasteiger partial charge on any atom is -0.100 e. The van der Waals surface area contributed by atoms with Crippen LogP contribution in [0.1, 0.15) is 117 Å². The Morgan fingerprint density at radius 1 is 0.714 bits per heavy atom. The van der Waals surface area contributed by atoms with Crippen molar-refractivity contribution in [1.82, 2.24) is 0 Å². The molecule has 0 rings (SSSR count). The first kappa shape index (κ1) is 20.7. The Hall–Kier alpha value is -0.260. The molecule has 0 saturated heterocycles. The van der Waals surface area contributed by atoms with E-state index in [1.165, 1.54) is 102 Å². The van der Waals surface area contributed by atoms with Gasteiger partial charge in [-0.15, -0.1) is 6.58 Å². The molecule has 0 aliphatic carbocycles. The highest BCUT2D eigenvalue weighted by molar-refractivity contribution is 4.86. The minimum atomic E-state index is 0.962. The van der Waals surface area contributed by atoms with E-state index in [-0.39, 0.29) is 0 Å². The molecule has 1 unspecified atom stereocenters. The van der Waals surface area contributed by atoms with Crippen molar-refractivity contribution in [1.29, 1.82) is 0 Å². The van der Waals surface area contributed by atoms with Gasteiger partial charge in [0, 0.05) is 0 Å². The van der Waals surface area contributed by atoms with Crippen molar-refractivity contribution in [2.45, 2.75) is 117 Å². The Morgan fingerprint density at radius 2 is 1.14 bits per heavy atom. The van der Waals surface area contributed by atoms with Gasteiger partial charge < -0.3 is 0 Å². The first-order valence-electron chi connectivity index (χ1n) is 9.81. The van der Waals surface area contributed by atoms with Crippen molar-refractivity contribution >= 4 is 0 Å². The Balaban J connectivity index is 3.12. The van der Waals surface area contributed by atoms with Crippen LogP contribution in [-0.2, 0) is 0 Å². The van der Waals surface area contributed by atoms with Crippen molar-refractivity contribution in [2.24, 2.45) is 5.92 Å². The second-order valence-electron chi connectivity index (χ2n) is 7.28. The lowest BCUT2D eigenvalue weighted by Crippen LogP contribution is -1.95. The third-order valence-corrected chi connectivity index (χ3v) is 4.60. The van der Waals surface area contributed by atoms with Gasteiger partial charge >= 0.3 is 0 Å². The van der Waals surface area contributed by atoms with Gasteiger partial charge in [0.25, 0.3) is 0 Å². The Kier molecular flexibility index (Phi) is 15.9. The lowest BCUT2D eigenvalue weighted by atomic mass is 9.96. The highest BCUT2D eigenvalue weighted by Crippen LogP contribution is 2.18. The number of hydrogen-bond acceptors (Lipinski definition) is 0. The van der Waals surface area contributed by atoms with E-state index in [1.807, 2.05) is 0 Å². The van der Waals surface area contributed by atoms with E-state index >= 15 is 0 Å². The average molecular weight is 295 g/mol. The zero-order valence-corrected chi connectivity index (χ0v) is 15.4. The molecule has 0 N–H and O–H groups in total. The zero-order chi connectivity index (χ0) is 15.8. The summed E-state index contributed by atoms with van der Waals surface area (Å²) in [6, 6.07) is 0. The molecule has 0 aliphatic heterocycles. The fourth-order valence-electron chi connectivity index (χ4n) is 3.04. The van der Waals surface area contributed by atoms with Crippen LogP contribution in [0.25, 0.3) is 0 Å². The van der Waals surface area contributed by atoms with Crippen LogP contribution in [-0.4, -0.2) is 0 Å². The van der Waals surface area contributed by atoms with Gasteiger partial charge in [0.05, 0.1) is 0 Å². The van der Waals surface area contributed by atoms with Crippen LogP contribution in [0, 0.1) is 5.92 Å². The van der Waals surface area contributed by atoms with E-state index in [2.05, 4.69) is 27.4 Å². The van der Waals surface area contributed by atoms with Crippen LogP contribution in [0.5, 0.6) is 0 Å². The highest BCUT2D eigenvalue weighted by Gasteiger charge is 2.01. The summed E-state index contributed by atoms with van der Waals surface area (Å²) in [5.41, 5.74) is 1.35. The summed E-state index contributed by atoms with van der Waals surface area (Å²) in [5, 5.41) is 0. The lowest BCUT2D eigenvalue weighted by Gasteiger charge is -2.10. The van der Waals surface area contributed by atoms with Crippen LogP contribution >= 0.6 is 0 Å². The van der Waals surface area contributed by atoms with Crippen molar-refractivity contribution < 1.29 is 0 Å². The predicted octanol–water partition coefficient (Wildman–Crippen LogP) is 8.07. The summed E-state index contributed by atoms with van der Waals surface area (Å²) in [7, 11) is 0. The van der Waals surface area contributed by atoms with Crippen molar-refractivity contribution in [3.63, 3.8) is 0 Å². The summed E-state index contributed by atoms with van der Waals surface area (Å²) in [6.07, 6.45) is 21.3. The van der Waals surface area contributed by atoms with Gasteiger partial charge in [-0.25, -0.2) is 0 Å². The van der Waals surface area contributed by atoms with Gasteiger partial charge in [-0.05, 0) is 25.7 Å². The summed E-state index contributed by atoms with van der Waals surface area (Å²) in [4.78, 5) is 0. The third kappa shape index (κ3) is 17.7. The largest absolute Gasteiger partial charge is 0.100 e. The van der Waals surface area contributed by atoms with Gasteiger partial charge in [-0.2, -0.15) is 0 Å². The highest BCUT2D eigenvalue weighted by atomic mass is 14.1. The summed E-state index contributed by atoms with van der Waals surface area (Å²) in [5.74, 6) is 0.962. The topological polar surface area (TPSA) is 0 Å². The first-order valence-corrected chi connectivity index (χ1v) is 9.81. The molecule has 0 amide bonds. The Bertz CT molecular complexity index is 216. The maximum atomic E-state index is 3.96. The normalized spacial score (nSPS) is 12.5. The second kappa shape index (κ2) is 16.1. The third-order valence-electron chi connectivity index (χ3n) is 4.60. The van der Waals surface area contributed by atoms with Crippen molar-refractivity contribution in [3.8, 4) is 0 Å². The molecule has 0 fully saturated rings. The molecule has 21 heavy (non-hydrogen) atoms. The molecule has 0 aromatic carbocycles. The van der Waals surface area contributed by atoms with Gasteiger partial charge in [-0.3, -0.25) is 0 Å². The van der Waals surface area contributed by atoms with Crippen LogP contribution in [0.4, 0.5) is 0 Å². The minimum absolute atomic E-state index is 0.962. The second-order valence-corrected chi connectivity index (χ2v) is 7.28. The molecule has 0 aliphatic rings. The van der Waals surface area contributed by atoms with Gasteiger partial charge in [0.1, 0.15) is 0 Å². The van der Waals surface area contributed by atoms with E-state index in [1.54, 1.807) is 0 Å². The zero-order valence-electron chi connectivity index (χ0n) is 15.4. The summed E-state index contributed by atoms with van der Waals surface area (Å²) in [6.45, 7) is 10.9. The van der Waals surface area contributed by atoms with Crippen molar-refractivity contribution in [2.75, 3.05) is 0 Å². The number of hydrogen-bond donors (Lipinski definition) is 0. The quantitative estimate of drug-likeness (QED) is 0.199. The van der Waals surface area contributed by atoms with E-state index in [9.17, 15) is 0 Å². The number of rotatable bonds is 16. The van der Waals surface area contributed by atoms with Gasteiger partial charge in [-0.1, -0.05) is 103 Å². The molecule has 0 spiro atoms. The SMILES string of the molecule is C=C(C)CCCCCCCCCCC(C)CCCCCC. The molecular weight excluding hydrogens is 252 g/mol. The lowest BCUT2D eigenvalue weighted by molar-refractivity contribution is 0.433. The molecule has 0 saturated carbocycles. The van der Waals surface area contributed by atoms with Crippen LogP contribution in [0.3, 0.4) is 0 Å². The standard InChI is InChI=1S/C21H42/c1-5-6-7-15-18-21(4)19-16-13-11-9-8-10-12-14-17-20(2)3/h21H,2,5-19H2,1,3-4H3. The molecule has 0 bridgehead atoms. The molecule has 126 valence electrons. The van der Waals surface area contributed by atoms with Crippen molar-refractivity contribution in [3.05, 3.63) is 12.2 Å². The van der Waals surface area contributed by atoms with Gasteiger partial charge in [0.2, 0.25) is 0 Å². The maximum absolute atomic E-state index is 3.96. The molecular formula is C21H42. The van der Waals surface area contributed by atoms with Gasteiger partial charge in [0.15, 0.2) is 0 Å². The van der Waals surface area contributed by atoms with E-state index in [0.717, 1.165) is 5.92 Å². The molecule has 0 heteroatoms. The molecule has 0 radical (unpaired) electrons. The van der Waals surface area contributed by atoms with Crippen LogP contribution in [0.2, 0.25) is 0 Å². The first-order chi connectivity index (χ1) is 10.2. The maximum Gasteiger partial charge on any atom is -0.0326 e. The fraction of sp³-hybridized carbons (Fsp3) is 0.905. The summed E-state index contributed by atoms with van der Waals surface area (Å²) < 4.78 is 0. The van der Waals surface area contributed by atoms with Crippen LogP contribution in [0.15, 0.2) is 12.2 Å². The summed E-state index contributed by atoms with van der Waals surface area (Å²) >= 11 is 0. The molecule has 0 aromatic heterocycles. The Labute approximate surface area is 135 Å². The van der Waals surface area contributed by atoms with E-state index in [0.29, 0.717) is 0 Å². The van der Waals surface area contributed by atoms with E-state index < -0.39 is 0 Å². The Morgan fingerprint density at radius 3 is 1.62 bits per heavy atom. The molecule has 0 nitrogen and oxygen atoms in total. The van der Waals surface area contributed by atoms with Crippen LogP contribution < -0.4 is 0 Å². The molecule has 0 heterocycles. The smallest absolute Gasteiger partial charge is 0.0326 e. The van der Waals surface area contributed by atoms with E-state index in [4.69, 9.17) is 0 Å². The monoisotopic (exact) mass is 294 g/mol. The average Bonchev–Trinajstić information content (AvgIpc) is 2.45. The molecule has 0 aromatic rings. The fourth-order valence-corrected chi connectivity index (χ4v) is 3.04. The number of unbranched alkanes of at least 4 members (excludes halogenated alkanes) is 10. The number of allylic oxidation sites excluding steroid dienone is 1.